The van der Waals surface area contributed by atoms with Crippen LogP contribution >= 0.6 is 0 Å². The van der Waals surface area contributed by atoms with Crippen molar-refractivity contribution in [1.29, 1.82) is 0 Å². The Morgan fingerprint density at radius 1 is 1.20 bits per heavy atom. The van der Waals surface area contributed by atoms with Crippen molar-refractivity contribution in [3.8, 4) is 5.69 Å². The van der Waals surface area contributed by atoms with E-state index in [9.17, 15) is 5.11 Å². The lowest BCUT2D eigenvalue weighted by Crippen LogP contribution is -2.24. The van der Waals surface area contributed by atoms with E-state index in [1.807, 2.05) is 35.3 Å². The summed E-state index contributed by atoms with van der Waals surface area (Å²) >= 11 is 0. The SMILES string of the molecule is O[C@H](CO[C@H]1CCCc2ccccc21)Cn1cc(-n2cccc2)cn1. The van der Waals surface area contributed by atoms with E-state index in [4.69, 9.17) is 4.74 Å². The standard InChI is InChI=1S/C20H23N3O2/c24-18(14-23-13-17(12-21-23)22-10-3-4-11-22)15-25-20-9-5-7-16-6-1-2-8-19(16)20/h1-4,6,8,10-13,18,20,24H,5,7,9,14-15H2/t18-,20-/m0/s1. The summed E-state index contributed by atoms with van der Waals surface area (Å²) in [6.07, 6.45) is 10.5. The van der Waals surface area contributed by atoms with Crippen LogP contribution in [0.4, 0.5) is 0 Å². The highest BCUT2D eigenvalue weighted by Gasteiger charge is 2.21. The van der Waals surface area contributed by atoms with Crippen LogP contribution in [0, 0.1) is 0 Å². The van der Waals surface area contributed by atoms with E-state index in [0.29, 0.717) is 13.2 Å². The summed E-state index contributed by atoms with van der Waals surface area (Å²) in [5.41, 5.74) is 3.63. The van der Waals surface area contributed by atoms with Crippen molar-refractivity contribution >= 4 is 0 Å². The molecule has 1 aliphatic carbocycles. The third-order valence-electron chi connectivity index (χ3n) is 4.72. The summed E-state index contributed by atoms with van der Waals surface area (Å²) in [7, 11) is 0. The molecule has 1 N–H and O–H groups in total. The van der Waals surface area contributed by atoms with Gasteiger partial charge in [0.25, 0.3) is 0 Å². The number of rotatable bonds is 6. The second-order valence-electron chi connectivity index (χ2n) is 6.58. The van der Waals surface area contributed by atoms with E-state index in [0.717, 1.165) is 24.9 Å². The molecule has 1 aromatic carbocycles. The van der Waals surface area contributed by atoms with Crippen molar-refractivity contribution in [2.75, 3.05) is 6.61 Å². The molecule has 2 aromatic heterocycles. The highest BCUT2D eigenvalue weighted by atomic mass is 16.5. The van der Waals surface area contributed by atoms with Crippen molar-refractivity contribution in [1.82, 2.24) is 14.3 Å². The van der Waals surface area contributed by atoms with E-state index in [1.54, 1.807) is 10.9 Å². The lowest BCUT2D eigenvalue weighted by molar-refractivity contribution is -0.0235. The Hall–Kier alpha value is -2.37. The van der Waals surface area contributed by atoms with Gasteiger partial charge >= 0.3 is 0 Å². The number of nitrogens with zero attached hydrogens (tertiary/aromatic N) is 3. The van der Waals surface area contributed by atoms with Gasteiger partial charge in [-0.05, 0) is 42.5 Å². The average molecular weight is 337 g/mol. The van der Waals surface area contributed by atoms with E-state index in [-0.39, 0.29) is 6.10 Å². The van der Waals surface area contributed by atoms with Gasteiger partial charge in [-0.25, -0.2) is 0 Å². The van der Waals surface area contributed by atoms with Gasteiger partial charge in [0.05, 0.1) is 37.2 Å². The van der Waals surface area contributed by atoms with Crippen molar-refractivity contribution < 1.29 is 9.84 Å². The second-order valence-corrected chi connectivity index (χ2v) is 6.58. The van der Waals surface area contributed by atoms with Gasteiger partial charge in [-0.15, -0.1) is 0 Å². The molecule has 0 spiro atoms. The molecular weight excluding hydrogens is 314 g/mol. The fraction of sp³-hybridized carbons (Fsp3) is 0.350. The second kappa shape index (κ2) is 7.25. The maximum atomic E-state index is 10.3. The number of aromatic nitrogens is 3. The van der Waals surface area contributed by atoms with E-state index >= 15 is 0 Å². The van der Waals surface area contributed by atoms with Crippen LogP contribution in [0.2, 0.25) is 0 Å². The number of fused-ring (bicyclic) bond motifs is 1. The monoisotopic (exact) mass is 337 g/mol. The molecule has 4 rings (SSSR count). The number of aryl methyl sites for hydroxylation is 1. The summed E-state index contributed by atoms with van der Waals surface area (Å²) in [5.74, 6) is 0. The molecule has 0 aliphatic heterocycles. The average Bonchev–Trinajstić information content (AvgIpc) is 3.31. The molecule has 1 aliphatic rings. The van der Waals surface area contributed by atoms with Crippen LogP contribution in [0.25, 0.3) is 5.69 Å². The normalized spacial score (nSPS) is 18.0. The number of hydrogen-bond acceptors (Lipinski definition) is 3. The van der Waals surface area contributed by atoms with E-state index in [2.05, 4.69) is 29.4 Å². The van der Waals surface area contributed by atoms with Crippen LogP contribution < -0.4 is 0 Å². The predicted molar refractivity (Wildman–Crippen MR) is 95.6 cm³/mol. The Labute approximate surface area is 147 Å². The van der Waals surface area contributed by atoms with Crippen LogP contribution in [-0.2, 0) is 17.7 Å². The molecule has 5 nitrogen and oxygen atoms in total. The van der Waals surface area contributed by atoms with E-state index in [1.165, 1.54) is 11.1 Å². The molecule has 3 aromatic rings. The lowest BCUT2D eigenvalue weighted by Gasteiger charge is -2.26. The number of ether oxygens (including phenoxy) is 1. The number of aliphatic hydroxyl groups excluding tert-OH is 1. The molecule has 0 fully saturated rings. The first kappa shape index (κ1) is 16.1. The molecule has 0 bridgehead atoms. The van der Waals surface area contributed by atoms with Crippen LogP contribution in [-0.4, -0.2) is 32.2 Å². The quantitative estimate of drug-likeness (QED) is 0.752. The molecule has 2 heterocycles. The zero-order valence-electron chi connectivity index (χ0n) is 14.2. The van der Waals surface area contributed by atoms with Crippen molar-refractivity contribution in [3.05, 3.63) is 72.3 Å². The highest BCUT2D eigenvalue weighted by molar-refractivity contribution is 5.31. The first-order valence-electron chi connectivity index (χ1n) is 8.83. The van der Waals surface area contributed by atoms with Crippen LogP contribution in [0.5, 0.6) is 0 Å². The highest BCUT2D eigenvalue weighted by Crippen LogP contribution is 2.32. The van der Waals surface area contributed by atoms with Crippen LogP contribution in [0.1, 0.15) is 30.1 Å². The number of hydrogen-bond donors (Lipinski definition) is 1. The molecule has 2 atom stereocenters. The van der Waals surface area contributed by atoms with Gasteiger partial charge in [-0.1, -0.05) is 24.3 Å². The van der Waals surface area contributed by atoms with Gasteiger partial charge in [-0.3, -0.25) is 4.68 Å². The molecule has 0 radical (unpaired) electrons. The predicted octanol–water partition coefficient (Wildman–Crippen LogP) is 3.13. The molecule has 0 saturated carbocycles. The maximum Gasteiger partial charge on any atom is 0.0969 e. The minimum absolute atomic E-state index is 0.0904. The molecule has 0 saturated heterocycles. The first-order chi connectivity index (χ1) is 12.3. The van der Waals surface area contributed by atoms with Crippen LogP contribution in [0.3, 0.4) is 0 Å². The van der Waals surface area contributed by atoms with Gasteiger partial charge in [-0.2, -0.15) is 5.10 Å². The fourth-order valence-electron chi connectivity index (χ4n) is 3.47. The Balaban J connectivity index is 1.33. The third-order valence-corrected chi connectivity index (χ3v) is 4.72. The van der Waals surface area contributed by atoms with Crippen molar-refractivity contribution in [2.45, 2.75) is 38.0 Å². The summed E-state index contributed by atoms with van der Waals surface area (Å²) in [6.45, 7) is 0.743. The zero-order chi connectivity index (χ0) is 17.1. The Morgan fingerprint density at radius 2 is 2.04 bits per heavy atom. The Bertz CT molecular complexity index is 810. The van der Waals surface area contributed by atoms with Gasteiger partial charge in [0.15, 0.2) is 0 Å². The number of aliphatic hydroxyl groups is 1. The van der Waals surface area contributed by atoms with Crippen LogP contribution in [0.15, 0.2) is 61.2 Å². The lowest BCUT2D eigenvalue weighted by atomic mass is 9.89. The minimum atomic E-state index is -0.577. The fourth-order valence-corrected chi connectivity index (χ4v) is 3.47. The largest absolute Gasteiger partial charge is 0.389 e. The molecule has 5 heteroatoms. The molecule has 130 valence electrons. The van der Waals surface area contributed by atoms with Gasteiger partial charge in [0.2, 0.25) is 0 Å². The molecular formula is C20H23N3O2. The molecule has 25 heavy (non-hydrogen) atoms. The minimum Gasteiger partial charge on any atom is -0.389 e. The summed E-state index contributed by atoms with van der Waals surface area (Å²) in [6, 6.07) is 12.4. The van der Waals surface area contributed by atoms with Gasteiger partial charge in [0, 0.05) is 18.6 Å². The summed E-state index contributed by atoms with van der Waals surface area (Å²) in [4.78, 5) is 0. The molecule has 0 unspecified atom stereocenters. The number of benzene rings is 1. The zero-order valence-corrected chi connectivity index (χ0v) is 14.2. The van der Waals surface area contributed by atoms with Gasteiger partial charge in [0.1, 0.15) is 0 Å². The molecule has 0 amide bonds. The van der Waals surface area contributed by atoms with Crippen molar-refractivity contribution in [2.24, 2.45) is 0 Å². The Morgan fingerprint density at radius 3 is 2.92 bits per heavy atom. The van der Waals surface area contributed by atoms with E-state index < -0.39 is 6.10 Å². The third kappa shape index (κ3) is 3.67. The summed E-state index contributed by atoms with van der Waals surface area (Å²) < 4.78 is 9.78. The van der Waals surface area contributed by atoms with Crippen molar-refractivity contribution in [3.63, 3.8) is 0 Å². The Kier molecular flexibility index (Phi) is 4.68. The van der Waals surface area contributed by atoms with Gasteiger partial charge < -0.3 is 14.4 Å². The topological polar surface area (TPSA) is 52.2 Å². The summed E-state index contributed by atoms with van der Waals surface area (Å²) in [5, 5.41) is 14.7. The maximum absolute atomic E-state index is 10.3. The first-order valence-corrected chi connectivity index (χ1v) is 8.83. The smallest absolute Gasteiger partial charge is 0.0969 e.